The Morgan fingerprint density at radius 3 is 2.63 bits per heavy atom. The number of hydrogen-bond acceptors (Lipinski definition) is 7. The predicted molar refractivity (Wildman–Crippen MR) is 152 cm³/mol. The summed E-state index contributed by atoms with van der Waals surface area (Å²) in [4.78, 5) is 37.7. The van der Waals surface area contributed by atoms with Gasteiger partial charge in [-0.2, -0.15) is 5.10 Å². The molecule has 0 aliphatic carbocycles. The second-order valence-electron chi connectivity index (χ2n) is 9.31. The number of nitrogens with zero attached hydrogens (tertiary/aromatic N) is 6. The molecule has 1 aromatic carbocycles. The lowest BCUT2D eigenvalue weighted by atomic mass is 10.1. The summed E-state index contributed by atoms with van der Waals surface area (Å²) in [6, 6.07) is 18.5. The average molecular weight is 542 g/mol. The summed E-state index contributed by atoms with van der Waals surface area (Å²) in [6.45, 7) is 0. The first-order valence-electron chi connectivity index (χ1n) is 12.7. The lowest BCUT2D eigenvalue weighted by Crippen LogP contribution is -2.14. The van der Waals surface area contributed by atoms with Gasteiger partial charge in [-0.3, -0.25) is 24.8 Å². The number of aromatic nitrogens is 8. The SMILES string of the molecule is O=C(Cc1ccccc1)Nc1cncc(-c2ncc3[nH]nc(-c4nc5nccc(-c6ccccn6)c5[nH]4)c3c2F)c1. The summed E-state index contributed by atoms with van der Waals surface area (Å²) in [5.41, 5.74) is 5.15. The lowest BCUT2D eigenvalue weighted by molar-refractivity contribution is -0.115. The molecule has 0 radical (unpaired) electrons. The molecule has 1 amide bonds. The van der Waals surface area contributed by atoms with Crippen LogP contribution >= 0.6 is 0 Å². The van der Waals surface area contributed by atoms with Crippen LogP contribution in [0.1, 0.15) is 5.56 Å². The molecular formula is C30H20FN9O. The highest BCUT2D eigenvalue weighted by atomic mass is 19.1. The van der Waals surface area contributed by atoms with Gasteiger partial charge in [0.1, 0.15) is 11.4 Å². The Kier molecular flexibility index (Phi) is 5.93. The first kappa shape index (κ1) is 24.2. The molecule has 0 spiro atoms. The van der Waals surface area contributed by atoms with Gasteiger partial charge in [0.2, 0.25) is 5.91 Å². The van der Waals surface area contributed by atoms with Crippen LogP contribution in [-0.2, 0) is 11.2 Å². The van der Waals surface area contributed by atoms with Crippen LogP contribution in [0.3, 0.4) is 0 Å². The molecule has 0 saturated heterocycles. The zero-order valence-corrected chi connectivity index (χ0v) is 21.3. The number of hydrogen-bond donors (Lipinski definition) is 3. The van der Waals surface area contributed by atoms with E-state index in [1.165, 1.54) is 18.6 Å². The summed E-state index contributed by atoms with van der Waals surface area (Å²) < 4.78 is 16.1. The third-order valence-electron chi connectivity index (χ3n) is 6.60. The van der Waals surface area contributed by atoms with Crippen LogP contribution in [0, 0.1) is 5.82 Å². The van der Waals surface area contributed by atoms with E-state index in [-0.39, 0.29) is 29.1 Å². The fraction of sp³-hybridized carbons (Fsp3) is 0.0333. The molecular weight excluding hydrogens is 521 g/mol. The summed E-state index contributed by atoms with van der Waals surface area (Å²) in [7, 11) is 0. The van der Waals surface area contributed by atoms with Crippen molar-refractivity contribution >= 4 is 33.7 Å². The van der Waals surface area contributed by atoms with Crippen molar-refractivity contribution in [2.24, 2.45) is 0 Å². The smallest absolute Gasteiger partial charge is 0.228 e. The van der Waals surface area contributed by atoms with Crippen molar-refractivity contribution in [2.75, 3.05) is 5.32 Å². The maximum Gasteiger partial charge on any atom is 0.228 e. The number of halogens is 1. The molecule has 7 aromatic rings. The van der Waals surface area contributed by atoms with Crippen molar-refractivity contribution in [1.29, 1.82) is 0 Å². The first-order chi connectivity index (χ1) is 20.1. The van der Waals surface area contributed by atoms with Crippen molar-refractivity contribution in [3.63, 3.8) is 0 Å². The van der Waals surface area contributed by atoms with E-state index in [0.29, 0.717) is 33.8 Å². The van der Waals surface area contributed by atoms with Crippen LogP contribution < -0.4 is 5.32 Å². The van der Waals surface area contributed by atoms with E-state index in [1.54, 1.807) is 18.5 Å². The van der Waals surface area contributed by atoms with E-state index in [1.807, 2.05) is 54.6 Å². The average Bonchev–Trinajstić information content (AvgIpc) is 3.63. The van der Waals surface area contributed by atoms with E-state index in [2.05, 4.69) is 45.4 Å². The topological polar surface area (TPSA) is 138 Å². The van der Waals surface area contributed by atoms with Gasteiger partial charge in [-0.05, 0) is 29.8 Å². The number of fused-ring (bicyclic) bond motifs is 2. The van der Waals surface area contributed by atoms with E-state index < -0.39 is 5.82 Å². The van der Waals surface area contributed by atoms with Crippen LogP contribution in [0.5, 0.6) is 0 Å². The molecule has 6 heterocycles. The van der Waals surface area contributed by atoms with Crippen molar-refractivity contribution < 1.29 is 9.18 Å². The quantitative estimate of drug-likeness (QED) is 0.258. The highest BCUT2D eigenvalue weighted by Gasteiger charge is 2.22. The van der Waals surface area contributed by atoms with E-state index in [4.69, 9.17) is 0 Å². The zero-order chi connectivity index (χ0) is 27.8. The minimum Gasteiger partial charge on any atom is -0.335 e. The number of carbonyl (C=O) groups excluding carboxylic acids is 1. The van der Waals surface area contributed by atoms with Crippen LogP contribution in [0.15, 0.2) is 91.6 Å². The Hall–Kier alpha value is -5.84. The van der Waals surface area contributed by atoms with Gasteiger partial charge in [-0.15, -0.1) is 0 Å². The van der Waals surface area contributed by atoms with E-state index in [0.717, 1.165) is 16.8 Å². The molecule has 6 aromatic heterocycles. The lowest BCUT2D eigenvalue weighted by Gasteiger charge is -2.08. The minimum atomic E-state index is -0.598. The second kappa shape index (κ2) is 10.0. The number of carbonyl (C=O) groups is 1. The molecule has 0 fully saturated rings. The monoisotopic (exact) mass is 541 g/mol. The zero-order valence-electron chi connectivity index (χ0n) is 21.3. The molecule has 0 atom stereocenters. The van der Waals surface area contributed by atoms with Gasteiger partial charge in [0.25, 0.3) is 0 Å². The summed E-state index contributed by atoms with van der Waals surface area (Å²) in [5.74, 6) is -0.461. The molecule has 10 nitrogen and oxygen atoms in total. The minimum absolute atomic E-state index is 0.0650. The molecule has 0 unspecified atom stereocenters. The van der Waals surface area contributed by atoms with Gasteiger partial charge < -0.3 is 10.3 Å². The van der Waals surface area contributed by atoms with Crippen LogP contribution in [0.2, 0.25) is 0 Å². The number of benzene rings is 1. The van der Waals surface area contributed by atoms with E-state index in [9.17, 15) is 4.79 Å². The van der Waals surface area contributed by atoms with Crippen LogP contribution in [0.25, 0.3) is 56.1 Å². The number of H-pyrrole nitrogens is 2. The van der Waals surface area contributed by atoms with Gasteiger partial charge in [0.05, 0.1) is 46.6 Å². The van der Waals surface area contributed by atoms with Crippen molar-refractivity contribution in [3.8, 4) is 34.0 Å². The molecule has 0 bridgehead atoms. The molecule has 11 heteroatoms. The Morgan fingerprint density at radius 1 is 0.902 bits per heavy atom. The van der Waals surface area contributed by atoms with Gasteiger partial charge in [-0.25, -0.2) is 14.4 Å². The van der Waals surface area contributed by atoms with Crippen LogP contribution in [-0.4, -0.2) is 46.0 Å². The molecule has 0 aliphatic rings. The number of nitrogens with one attached hydrogen (secondary N) is 3. The Labute approximate surface area is 231 Å². The Bertz CT molecular complexity index is 2040. The normalized spacial score (nSPS) is 11.2. The second-order valence-corrected chi connectivity index (χ2v) is 9.31. The fourth-order valence-electron chi connectivity index (χ4n) is 4.73. The predicted octanol–water partition coefficient (Wildman–Crippen LogP) is 5.34. The molecule has 41 heavy (non-hydrogen) atoms. The van der Waals surface area contributed by atoms with Crippen molar-refractivity contribution in [3.05, 3.63) is 103 Å². The third kappa shape index (κ3) is 4.55. The van der Waals surface area contributed by atoms with Gasteiger partial charge in [0.15, 0.2) is 17.3 Å². The molecule has 3 N–H and O–H groups in total. The summed E-state index contributed by atoms with van der Waals surface area (Å²) >= 11 is 0. The van der Waals surface area contributed by atoms with Gasteiger partial charge in [-0.1, -0.05) is 36.4 Å². The standard InChI is InChI=1S/C30H20FN9O/c31-25-24-22(16-35-26(25)18-13-19(15-32-14-18)36-23(41)12-17-6-2-1-3-7-17)39-40-28(24)30-37-27-20(9-11-34-29(27)38-30)21-8-4-5-10-33-21/h1-11,13-16H,12H2,(H,36,41)(H,39,40)(H,34,37,38). The number of rotatable bonds is 6. The van der Waals surface area contributed by atoms with Crippen molar-refractivity contribution in [2.45, 2.75) is 6.42 Å². The Morgan fingerprint density at radius 2 is 1.78 bits per heavy atom. The van der Waals surface area contributed by atoms with E-state index >= 15 is 4.39 Å². The molecule has 7 rings (SSSR count). The summed E-state index contributed by atoms with van der Waals surface area (Å²) in [6.07, 6.45) is 8.08. The summed E-state index contributed by atoms with van der Waals surface area (Å²) in [5, 5.41) is 10.2. The fourth-order valence-corrected chi connectivity index (χ4v) is 4.73. The molecule has 198 valence electrons. The number of aromatic amines is 2. The first-order valence-corrected chi connectivity index (χ1v) is 12.7. The number of amides is 1. The maximum atomic E-state index is 16.1. The number of imidazole rings is 1. The highest BCUT2D eigenvalue weighted by molar-refractivity contribution is 5.97. The van der Waals surface area contributed by atoms with Gasteiger partial charge >= 0.3 is 0 Å². The number of anilines is 1. The highest BCUT2D eigenvalue weighted by Crippen LogP contribution is 2.34. The van der Waals surface area contributed by atoms with Crippen LogP contribution in [0.4, 0.5) is 10.1 Å². The molecule has 0 saturated carbocycles. The van der Waals surface area contributed by atoms with Crippen molar-refractivity contribution in [1.82, 2.24) is 40.1 Å². The third-order valence-corrected chi connectivity index (χ3v) is 6.60. The molecule has 0 aliphatic heterocycles. The Balaban J connectivity index is 1.24. The maximum absolute atomic E-state index is 16.1. The largest absolute Gasteiger partial charge is 0.335 e. The van der Waals surface area contributed by atoms with Gasteiger partial charge in [0, 0.05) is 29.7 Å². The number of pyridine rings is 4.